The molecule has 0 spiro atoms. The number of methoxy groups -OCH3 is 1. The Morgan fingerprint density at radius 1 is 1.10 bits per heavy atom. The van der Waals surface area contributed by atoms with Gasteiger partial charge >= 0.3 is 0 Å². The van der Waals surface area contributed by atoms with Gasteiger partial charge in [0, 0.05) is 37.7 Å². The fourth-order valence-electron chi connectivity index (χ4n) is 3.54. The number of nitrogens with one attached hydrogen (secondary N) is 1. The van der Waals surface area contributed by atoms with Gasteiger partial charge in [0.25, 0.3) is 0 Å². The summed E-state index contributed by atoms with van der Waals surface area (Å²) in [5.74, 6) is 0. The Bertz CT molecular complexity index is 964. The number of anilines is 1. The van der Waals surface area contributed by atoms with Gasteiger partial charge < -0.3 is 29.7 Å². The smallest absolute Gasteiger partial charge is 0.241 e. The summed E-state index contributed by atoms with van der Waals surface area (Å²) in [6.07, 6.45) is -5.29. The molecule has 0 amide bonds. The molecule has 0 aliphatic carbocycles. The van der Waals surface area contributed by atoms with Crippen molar-refractivity contribution in [2.24, 2.45) is 0 Å². The molecule has 3 rings (SSSR count). The number of fused-ring (bicyclic) bond motifs is 1. The monoisotopic (exact) mass is 426 g/mol. The average Bonchev–Trinajstić information content (AvgIpc) is 2.70. The standard InChI is InChI=1S/C19H26N2O7S/c1-21(2)13-8-4-7-12-11(13)6-5-9-15(12)29(25,26)20-16-18(24)17(23)14(10-22)28-19(16)27-3/h4-9,14,16-20,22-24H,10H2,1-3H3/t14-,16-,17+,18-,19+/m1/s1. The largest absolute Gasteiger partial charge is 0.394 e. The van der Waals surface area contributed by atoms with Crippen LogP contribution in [0.5, 0.6) is 0 Å². The van der Waals surface area contributed by atoms with Crippen molar-refractivity contribution in [1.29, 1.82) is 0 Å². The first-order valence-corrected chi connectivity index (χ1v) is 10.6. The van der Waals surface area contributed by atoms with E-state index in [-0.39, 0.29) is 4.90 Å². The van der Waals surface area contributed by atoms with Crippen LogP contribution in [0.15, 0.2) is 41.3 Å². The molecular formula is C19H26N2O7S. The van der Waals surface area contributed by atoms with Crippen LogP contribution in [-0.2, 0) is 19.5 Å². The second-order valence-corrected chi connectivity index (χ2v) is 8.79. The molecule has 1 saturated heterocycles. The summed E-state index contributed by atoms with van der Waals surface area (Å²) < 4.78 is 39.3. The maximum absolute atomic E-state index is 13.2. The summed E-state index contributed by atoms with van der Waals surface area (Å²) in [4.78, 5) is 1.91. The third kappa shape index (κ3) is 4.10. The van der Waals surface area contributed by atoms with Gasteiger partial charge in [-0.05, 0) is 12.1 Å². The molecule has 2 aromatic rings. The van der Waals surface area contributed by atoms with Crippen molar-refractivity contribution in [2.75, 3.05) is 32.7 Å². The highest BCUT2D eigenvalue weighted by Crippen LogP contribution is 2.31. The molecule has 0 unspecified atom stereocenters. The zero-order valence-corrected chi connectivity index (χ0v) is 17.2. The van der Waals surface area contributed by atoms with Gasteiger partial charge in [-0.2, -0.15) is 0 Å². The lowest BCUT2D eigenvalue weighted by atomic mass is 9.98. The van der Waals surface area contributed by atoms with E-state index in [2.05, 4.69) is 4.72 Å². The first-order valence-electron chi connectivity index (χ1n) is 9.08. The first kappa shape index (κ1) is 21.9. The molecule has 1 aliphatic rings. The van der Waals surface area contributed by atoms with Crippen LogP contribution < -0.4 is 9.62 Å². The molecule has 10 heteroatoms. The molecule has 29 heavy (non-hydrogen) atoms. The molecule has 9 nitrogen and oxygen atoms in total. The number of benzene rings is 2. The van der Waals surface area contributed by atoms with Gasteiger partial charge in [0.2, 0.25) is 10.0 Å². The third-order valence-electron chi connectivity index (χ3n) is 5.03. The summed E-state index contributed by atoms with van der Waals surface area (Å²) in [6.45, 7) is -0.547. The lowest BCUT2D eigenvalue weighted by Crippen LogP contribution is -2.64. The van der Waals surface area contributed by atoms with Gasteiger partial charge in [-0.3, -0.25) is 0 Å². The number of aliphatic hydroxyl groups is 3. The summed E-state index contributed by atoms with van der Waals surface area (Å²) in [7, 11) is 0.903. The van der Waals surface area contributed by atoms with Crippen molar-refractivity contribution < 1.29 is 33.2 Å². The van der Waals surface area contributed by atoms with Crippen LogP contribution >= 0.6 is 0 Å². The Balaban J connectivity index is 2.01. The second kappa shape index (κ2) is 8.52. The fourth-order valence-corrected chi connectivity index (χ4v) is 5.00. The summed E-state index contributed by atoms with van der Waals surface area (Å²) >= 11 is 0. The number of aliphatic hydroxyl groups excluding tert-OH is 3. The molecule has 1 heterocycles. The summed E-state index contributed by atoms with van der Waals surface area (Å²) in [5.41, 5.74) is 0.858. The van der Waals surface area contributed by atoms with Crippen LogP contribution in [0.2, 0.25) is 0 Å². The number of nitrogens with zero attached hydrogens (tertiary/aromatic N) is 1. The van der Waals surface area contributed by atoms with E-state index < -0.39 is 47.3 Å². The molecular weight excluding hydrogens is 400 g/mol. The van der Waals surface area contributed by atoms with Crippen LogP contribution in [0.25, 0.3) is 10.8 Å². The van der Waals surface area contributed by atoms with Gasteiger partial charge in [-0.15, -0.1) is 0 Å². The molecule has 2 aromatic carbocycles. The van der Waals surface area contributed by atoms with Gasteiger partial charge in [-0.25, -0.2) is 13.1 Å². The van der Waals surface area contributed by atoms with Crippen molar-refractivity contribution in [1.82, 2.24) is 4.72 Å². The molecule has 5 atom stereocenters. The Morgan fingerprint density at radius 3 is 2.38 bits per heavy atom. The molecule has 0 radical (unpaired) electrons. The highest BCUT2D eigenvalue weighted by molar-refractivity contribution is 7.89. The maximum atomic E-state index is 13.2. The van der Waals surface area contributed by atoms with Crippen molar-refractivity contribution >= 4 is 26.5 Å². The Morgan fingerprint density at radius 2 is 1.76 bits per heavy atom. The van der Waals surface area contributed by atoms with Gasteiger partial charge in [0.05, 0.1) is 11.5 Å². The number of rotatable bonds is 6. The number of ether oxygens (including phenoxy) is 2. The zero-order chi connectivity index (χ0) is 21.3. The van der Waals surface area contributed by atoms with Crippen LogP contribution in [-0.4, -0.2) is 82.2 Å². The summed E-state index contributed by atoms with van der Waals surface area (Å²) in [5, 5.41) is 31.1. The van der Waals surface area contributed by atoms with Crippen LogP contribution in [0.3, 0.4) is 0 Å². The van der Waals surface area contributed by atoms with E-state index in [0.717, 1.165) is 11.1 Å². The van der Waals surface area contributed by atoms with Crippen molar-refractivity contribution in [3.8, 4) is 0 Å². The topological polar surface area (TPSA) is 129 Å². The quantitative estimate of drug-likeness (QED) is 0.493. The zero-order valence-electron chi connectivity index (χ0n) is 16.4. The van der Waals surface area contributed by atoms with E-state index in [1.807, 2.05) is 31.1 Å². The summed E-state index contributed by atoms with van der Waals surface area (Å²) in [6, 6.07) is 9.03. The number of hydrogen-bond acceptors (Lipinski definition) is 8. The highest BCUT2D eigenvalue weighted by Gasteiger charge is 2.46. The number of hydrogen-bond donors (Lipinski definition) is 4. The molecule has 4 N–H and O–H groups in total. The Kier molecular flexibility index (Phi) is 6.44. The van der Waals surface area contributed by atoms with Crippen molar-refractivity contribution in [3.05, 3.63) is 36.4 Å². The lowest BCUT2D eigenvalue weighted by Gasteiger charge is -2.41. The minimum atomic E-state index is -4.11. The van der Waals surface area contributed by atoms with Crippen molar-refractivity contribution in [2.45, 2.75) is 35.5 Å². The fraction of sp³-hybridized carbons (Fsp3) is 0.474. The second-order valence-electron chi connectivity index (χ2n) is 7.11. The third-order valence-corrected chi connectivity index (χ3v) is 6.55. The van der Waals surface area contributed by atoms with Crippen molar-refractivity contribution in [3.63, 3.8) is 0 Å². The van der Waals surface area contributed by atoms with Crippen LogP contribution in [0, 0.1) is 0 Å². The minimum absolute atomic E-state index is 0.0273. The van der Waals surface area contributed by atoms with Gasteiger partial charge in [-0.1, -0.05) is 24.3 Å². The van der Waals surface area contributed by atoms with Crippen LogP contribution in [0.4, 0.5) is 5.69 Å². The molecule has 160 valence electrons. The highest BCUT2D eigenvalue weighted by atomic mass is 32.2. The minimum Gasteiger partial charge on any atom is -0.394 e. The van der Waals surface area contributed by atoms with E-state index in [1.165, 1.54) is 13.2 Å². The van der Waals surface area contributed by atoms with Gasteiger partial charge in [0.1, 0.15) is 24.4 Å². The first-order chi connectivity index (χ1) is 13.7. The molecule has 0 aromatic heterocycles. The molecule has 1 aliphatic heterocycles. The predicted octanol–water partition coefficient (Wildman–Crippen LogP) is -0.362. The normalized spacial score (nSPS) is 27.9. The molecule has 0 bridgehead atoms. The van der Waals surface area contributed by atoms with Crippen LogP contribution in [0.1, 0.15) is 0 Å². The Hall–Kier alpha value is -1.79. The SMILES string of the molecule is CO[C@H]1O[C@H](CO)[C@H](O)[C@H](O)[C@H]1NS(=O)(=O)c1cccc2c(N(C)C)cccc12. The molecule has 0 saturated carbocycles. The van der Waals surface area contributed by atoms with E-state index in [4.69, 9.17) is 9.47 Å². The lowest BCUT2D eigenvalue weighted by molar-refractivity contribution is -0.260. The Labute approximate surface area is 169 Å². The number of sulfonamides is 1. The van der Waals surface area contributed by atoms with E-state index in [0.29, 0.717) is 5.39 Å². The van der Waals surface area contributed by atoms with E-state index >= 15 is 0 Å². The van der Waals surface area contributed by atoms with E-state index in [1.54, 1.807) is 18.2 Å². The predicted molar refractivity (Wildman–Crippen MR) is 107 cm³/mol. The molecule has 1 fully saturated rings. The van der Waals surface area contributed by atoms with E-state index in [9.17, 15) is 23.7 Å². The maximum Gasteiger partial charge on any atom is 0.241 e. The average molecular weight is 426 g/mol. The van der Waals surface area contributed by atoms with Gasteiger partial charge in [0.15, 0.2) is 6.29 Å².